The van der Waals surface area contributed by atoms with Gasteiger partial charge in [-0.25, -0.2) is 0 Å². The summed E-state index contributed by atoms with van der Waals surface area (Å²) in [7, 11) is 3.08. The number of benzene rings is 1. The Morgan fingerprint density at radius 2 is 1.79 bits per heavy atom. The van der Waals surface area contributed by atoms with Crippen molar-refractivity contribution in [1.29, 1.82) is 0 Å². The highest BCUT2D eigenvalue weighted by atomic mass is 32.2. The molecule has 0 spiro atoms. The monoisotopic (exact) mass is 214 g/mol. The number of hydrogen-bond donors (Lipinski definition) is 0. The van der Waals surface area contributed by atoms with Crippen molar-refractivity contribution < 1.29 is 13.7 Å². The van der Waals surface area contributed by atoms with Crippen LogP contribution in [0, 0.1) is 0 Å². The summed E-state index contributed by atoms with van der Waals surface area (Å²) in [4.78, 5) is 0. The van der Waals surface area contributed by atoms with E-state index in [1.165, 1.54) is 31.8 Å². The Morgan fingerprint density at radius 1 is 1.14 bits per heavy atom. The summed E-state index contributed by atoms with van der Waals surface area (Å²) >= 11 is 1.31. The molecule has 0 atom stereocenters. The van der Waals surface area contributed by atoms with Gasteiger partial charge in [-0.3, -0.25) is 4.18 Å². The van der Waals surface area contributed by atoms with Crippen molar-refractivity contribution in [1.82, 2.24) is 0 Å². The molecule has 0 aliphatic rings. The van der Waals surface area contributed by atoms with E-state index in [-0.39, 0.29) is 0 Å². The molecule has 78 valence electrons. The summed E-state index contributed by atoms with van der Waals surface area (Å²) in [6, 6.07) is 10.1. The fourth-order valence-electron chi connectivity index (χ4n) is 0.907. The van der Waals surface area contributed by atoms with Crippen LogP contribution in [0.4, 0.5) is 0 Å². The van der Waals surface area contributed by atoms with Crippen molar-refractivity contribution >= 4 is 12.0 Å². The van der Waals surface area contributed by atoms with Crippen LogP contribution in [0.25, 0.3) is 0 Å². The van der Waals surface area contributed by atoms with Crippen LogP contribution in [-0.4, -0.2) is 20.7 Å². The maximum absolute atomic E-state index is 5.22. The van der Waals surface area contributed by atoms with Crippen LogP contribution >= 0.6 is 12.0 Å². The Bertz CT molecular complexity index is 236. The zero-order valence-corrected chi connectivity index (χ0v) is 9.12. The Hall–Kier alpha value is -0.550. The van der Waals surface area contributed by atoms with E-state index in [1.807, 2.05) is 30.3 Å². The van der Waals surface area contributed by atoms with E-state index < -0.39 is 6.48 Å². The average molecular weight is 214 g/mol. The molecule has 1 aromatic carbocycles. The highest BCUT2D eigenvalue weighted by Gasteiger charge is 2.04. The van der Waals surface area contributed by atoms with Gasteiger partial charge in [-0.1, -0.05) is 30.3 Å². The molecule has 0 fully saturated rings. The smallest absolute Gasteiger partial charge is 0.282 e. The van der Waals surface area contributed by atoms with E-state index in [0.29, 0.717) is 0 Å². The Balaban J connectivity index is 2.21. The second-order valence-electron chi connectivity index (χ2n) is 2.60. The van der Waals surface area contributed by atoms with Crippen LogP contribution in [0.1, 0.15) is 5.56 Å². The third-order valence-electron chi connectivity index (χ3n) is 1.60. The first-order valence-electron chi connectivity index (χ1n) is 4.24. The summed E-state index contributed by atoms with van der Waals surface area (Å²) in [5, 5.41) is 0. The molecular formula is C10H14O3S. The van der Waals surface area contributed by atoms with Gasteiger partial charge in [0.15, 0.2) is 0 Å². The first-order valence-corrected chi connectivity index (χ1v) is 5.15. The van der Waals surface area contributed by atoms with E-state index in [2.05, 4.69) is 0 Å². The Labute approximate surface area is 88.6 Å². The van der Waals surface area contributed by atoms with Crippen LogP contribution in [0.15, 0.2) is 30.3 Å². The molecule has 0 N–H and O–H groups in total. The minimum Gasteiger partial charge on any atom is -0.333 e. The quantitative estimate of drug-likeness (QED) is 0.537. The molecule has 14 heavy (non-hydrogen) atoms. The molecule has 0 saturated carbocycles. The lowest BCUT2D eigenvalue weighted by atomic mass is 10.2. The van der Waals surface area contributed by atoms with Gasteiger partial charge in [0.05, 0.1) is 0 Å². The lowest BCUT2D eigenvalue weighted by molar-refractivity contribution is -0.211. The zero-order chi connectivity index (χ0) is 10.2. The van der Waals surface area contributed by atoms with Crippen LogP contribution in [0.5, 0.6) is 0 Å². The van der Waals surface area contributed by atoms with E-state index in [1.54, 1.807) is 0 Å². The summed E-state index contributed by atoms with van der Waals surface area (Å²) in [5.41, 5.74) is 1.21. The zero-order valence-electron chi connectivity index (χ0n) is 8.30. The molecule has 0 aliphatic carbocycles. The largest absolute Gasteiger partial charge is 0.333 e. The predicted molar refractivity (Wildman–Crippen MR) is 56.6 cm³/mol. The van der Waals surface area contributed by atoms with Gasteiger partial charge in [0.1, 0.15) is 0 Å². The van der Waals surface area contributed by atoms with E-state index >= 15 is 0 Å². The van der Waals surface area contributed by atoms with Crippen molar-refractivity contribution in [2.24, 2.45) is 0 Å². The summed E-state index contributed by atoms with van der Waals surface area (Å²) < 4.78 is 15.0. The molecule has 1 rings (SSSR count). The normalized spacial score (nSPS) is 10.8. The number of hydrogen-bond acceptors (Lipinski definition) is 4. The standard InChI is InChI=1S/C10H14O3S/c1-11-10(12-2)13-14-8-9-6-4-3-5-7-9/h3-7,10H,8H2,1-2H3. The Morgan fingerprint density at radius 3 is 2.36 bits per heavy atom. The first kappa shape index (κ1) is 11.5. The van der Waals surface area contributed by atoms with Crippen molar-refractivity contribution in [2.45, 2.75) is 12.2 Å². The molecule has 4 heteroatoms. The molecule has 0 aromatic heterocycles. The van der Waals surface area contributed by atoms with Crippen LogP contribution in [0.2, 0.25) is 0 Å². The van der Waals surface area contributed by atoms with Gasteiger partial charge in [-0.2, -0.15) is 0 Å². The second kappa shape index (κ2) is 6.84. The highest BCUT2D eigenvalue weighted by molar-refractivity contribution is 7.93. The fourth-order valence-corrected chi connectivity index (χ4v) is 1.57. The first-order chi connectivity index (χ1) is 6.86. The third kappa shape index (κ3) is 4.11. The highest BCUT2D eigenvalue weighted by Crippen LogP contribution is 2.15. The van der Waals surface area contributed by atoms with Gasteiger partial charge in [-0.05, 0) is 5.56 Å². The molecule has 1 aromatic rings. The summed E-state index contributed by atoms with van der Waals surface area (Å²) in [6.45, 7) is -0.594. The SMILES string of the molecule is COC(OC)OSCc1ccccc1. The summed E-state index contributed by atoms with van der Waals surface area (Å²) in [5.74, 6) is 0.782. The van der Waals surface area contributed by atoms with Gasteiger partial charge in [0.2, 0.25) is 0 Å². The van der Waals surface area contributed by atoms with Crippen molar-refractivity contribution in [3.05, 3.63) is 35.9 Å². The van der Waals surface area contributed by atoms with E-state index in [9.17, 15) is 0 Å². The van der Waals surface area contributed by atoms with Gasteiger partial charge >= 0.3 is 0 Å². The summed E-state index contributed by atoms with van der Waals surface area (Å²) in [6.07, 6.45) is 0. The molecule has 0 saturated heterocycles. The minimum atomic E-state index is -0.594. The maximum atomic E-state index is 5.22. The average Bonchev–Trinajstić information content (AvgIpc) is 2.26. The topological polar surface area (TPSA) is 27.7 Å². The van der Waals surface area contributed by atoms with Crippen LogP contribution in [0.3, 0.4) is 0 Å². The van der Waals surface area contributed by atoms with Gasteiger partial charge < -0.3 is 9.47 Å². The van der Waals surface area contributed by atoms with E-state index in [4.69, 9.17) is 13.7 Å². The minimum absolute atomic E-state index is 0.594. The molecule has 3 nitrogen and oxygen atoms in total. The van der Waals surface area contributed by atoms with Crippen LogP contribution < -0.4 is 0 Å². The number of ether oxygens (including phenoxy) is 2. The third-order valence-corrected chi connectivity index (χ3v) is 2.34. The molecule has 0 unspecified atom stereocenters. The molecule has 0 aliphatic heterocycles. The molecular weight excluding hydrogens is 200 g/mol. The molecule has 0 bridgehead atoms. The fraction of sp³-hybridized carbons (Fsp3) is 0.400. The second-order valence-corrected chi connectivity index (χ2v) is 3.32. The van der Waals surface area contributed by atoms with Crippen LogP contribution in [-0.2, 0) is 19.4 Å². The molecule has 0 radical (unpaired) electrons. The van der Waals surface area contributed by atoms with Gasteiger partial charge in [0, 0.05) is 32.0 Å². The van der Waals surface area contributed by atoms with Crippen molar-refractivity contribution in [3.8, 4) is 0 Å². The predicted octanol–water partition coefficient (Wildman–Crippen LogP) is 2.43. The lowest BCUT2D eigenvalue weighted by Gasteiger charge is -2.12. The lowest BCUT2D eigenvalue weighted by Crippen LogP contribution is -2.13. The van der Waals surface area contributed by atoms with E-state index in [0.717, 1.165) is 5.75 Å². The molecule has 0 amide bonds. The molecule has 0 heterocycles. The maximum Gasteiger partial charge on any atom is 0.282 e. The van der Waals surface area contributed by atoms with Crippen molar-refractivity contribution in [2.75, 3.05) is 14.2 Å². The van der Waals surface area contributed by atoms with Gasteiger partial charge in [-0.15, -0.1) is 0 Å². The Kier molecular flexibility index (Phi) is 5.63. The number of methoxy groups -OCH3 is 2. The van der Waals surface area contributed by atoms with Gasteiger partial charge in [0.25, 0.3) is 6.48 Å². The van der Waals surface area contributed by atoms with Crippen molar-refractivity contribution in [3.63, 3.8) is 0 Å². The number of rotatable bonds is 6.